The molecule has 25 heavy (non-hydrogen) atoms. The SMILES string of the molecule is C=CCOC(C)C(=O)OCC(=O)N(C)C(C)c1cccc([N+](=O)[O-])c1. The molecule has 0 spiro atoms. The van der Waals surface area contributed by atoms with Gasteiger partial charge in [0.2, 0.25) is 0 Å². The summed E-state index contributed by atoms with van der Waals surface area (Å²) in [5.74, 6) is -1.07. The first kappa shape index (κ1) is 20.3. The van der Waals surface area contributed by atoms with E-state index in [0.29, 0.717) is 5.56 Å². The Balaban J connectivity index is 2.63. The average molecular weight is 350 g/mol. The van der Waals surface area contributed by atoms with Crippen LogP contribution >= 0.6 is 0 Å². The third-order valence-corrected chi connectivity index (χ3v) is 3.67. The van der Waals surface area contributed by atoms with Crippen molar-refractivity contribution >= 4 is 17.6 Å². The molecule has 0 bridgehead atoms. The van der Waals surface area contributed by atoms with E-state index in [2.05, 4.69) is 6.58 Å². The second-order valence-corrected chi connectivity index (χ2v) is 5.40. The first-order chi connectivity index (χ1) is 11.8. The third kappa shape index (κ3) is 6.00. The number of carbonyl (C=O) groups excluding carboxylic acids is 2. The van der Waals surface area contributed by atoms with E-state index < -0.39 is 35.6 Å². The topological polar surface area (TPSA) is 99.0 Å². The molecule has 0 aliphatic rings. The van der Waals surface area contributed by atoms with E-state index in [1.54, 1.807) is 19.1 Å². The van der Waals surface area contributed by atoms with Crippen molar-refractivity contribution in [3.63, 3.8) is 0 Å². The lowest BCUT2D eigenvalue weighted by atomic mass is 10.1. The van der Waals surface area contributed by atoms with Gasteiger partial charge in [-0.3, -0.25) is 14.9 Å². The van der Waals surface area contributed by atoms with Crippen molar-refractivity contribution in [1.29, 1.82) is 0 Å². The molecule has 136 valence electrons. The van der Waals surface area contributed by atoms with E-state index in [1.165, 1.54) is 37.1 Å². The molecule has 0 heterocycles. The van der Waals surface area contributed by atoms with E-state index in [0.717, 1.165) is 0 Å². The predicted molar refractivity (Wildman–Crippen MR) is 90.9 cm³/mol. The van der Waals surface area contributed by atoms with Gasteiger partial charge in [0, 0.05) is 19.2 Å². The first-order valence-corrected chi connectivity index (χ1v) is 7.67. The summed E-state index contributed by atoms with van der Waals surface area (Å²) in [6, 6.07) is 5.62. The lowest BCUT2D eigenvalue weighted by molar-refractivity contribution is -0.384. The van der Waals surface area contributed by atoms with Crippen LogP contribution in [0.3, 0.4) is 0 Å². The van der Waals surface area contributed by atoms with Gasteiger partial charge >= 0.3 is 5.97 Å². The highest BCUT2D eigenvalue weighted by molar-refractivity contribution is 5.82. The number of nitro benzene ring substituents is 1. The maximum Gasteiger partial charge on any atom is 0.335 e. The van der Waals surface area contributed by atoms with Gasteiger partial charge in [0.05, 0.1) is 17.6 Å². The van der Waals surface area contributed by atoms with Crippen molar-refractivity contribution in [3.8, 4) is 0 Å². The molecular formula is C17H22N2O6. The molecule has 0 aliphatic heterocycles. The maximum atomic E-state index is 12.2. The molecule has 1 rings (SSSR count). The lowest BCUT2D eigenvalue weighted by Gasteiger charge is -2.25. The number of nitro groups is 1. The summed E-state index contributed by atoms with van der Waals surface area (Å²) < 4.78 is 10.1. The van der Waals surface area contributed by atoms with Crippen LogP contribution in [0.5, 0.6) is 0 Å². The van der Waals surface area contributed by atoms with Gasteiger partial charge in [-0.1, -0.05) is 18.2 Å². The Labute approximate surface area is 146 Å². The number of carbonyl (C=O) groups is 2. The molecule has 0 saturated carbocycles. The Hall–Kier alpha value is -2.74. The number of hydrogen-bond donors (Lipinski definition) is 0. The van der Waals surface area contributed by atoms with Crippen molar-refractivity contribution in [3.05, 3.63) is 52.6 Å². The molecule has 1 aromatic carbocycles. The highest BCUT2D eigenvalue weighted by atomic mass is 16.6. The highest BCUT2D eigenvalue weighted by Crippen LogP contribution is 2.23. The molecule has 1 amide bonds. The Morgan fingerprint density at radius 3 is 2.68 bits per heavy atom. The normalized spacial score (nSPS) is 12.8. The minimum atomic E-state index is -0.801. The van der Waals surface area contributed by atoms with E-state index >= 15 is 0 Å². The molecule has 0 aliphatic carbocycles. The van der Waals surface area contributed by atoms with Crippen LogP contribution in [-0.2, 0) is 19.1 Å². The number of rotatable bonds is 9. The molecule has 2 atom stereocenters. The number of benzene rings is 1. The van der Waals surface area contributed by atoms with Gasteiger partial charge < -0.3 is 14.4 Å². The standard InChI is InChI=1S/C17H22N2O6/c1-5-9-24-13(3)17(21)25-11-16(20)18(4)12(2)14-7-6-8-15(10-14)19(22)23/h5-8,10,12-13H,1,9,11H2,2-4H3. The summed E-state index contributed by atoms with van der Waals surface area (Å²) in [5, 5.41) is 10.8. The summed E-state index contributed by atoms with van der Waals surface area (Å²) in [7, 11) is 1.54. The molecular weight excluding hydrogens is 328 g/mol. The van der Waals surface area contributed by atoms with Crippen LogP contribution in [0.15, 0.2) is 36.9 Å². The molecule has 0 saturated heterocycles. The van der Waals surface area contributed by atoms with Gasteiger partial charge in [-0.05, 0) is 19.4 Å². The van der Waals surface area contributed by atoms with Gasteiger partial charge in [0.1, 0.15) is 0 Å². The number of esters is 1. The number of nitrogens with zero attached hydrogens (tertiary/aromatic N) is 2. The Morgan fingerprint density at radius 1 is 1.40 bits per heavy atom. The summed E-state index contributed by atoms with van der Waals surface area (Å²) >= 11 is 0. The highest BCUT2D eigenvalue weighted by Gasteiger charge is 2.22. The first-order valence-electron chi connectivity index (χ1n) is 7.67. The van der Waals surface area contributed by atoms with Crippen LogP contribution in [0.2, 0.25) is 0 Å². The smallest absolute Gasteiger partial charge is 0.335 e. The van der Waals surface area contributed by atoms with Crippen LogP contribution in [0.25, 0.3) is 0 Å². The zero-order valence-corrected chi connectivity index (χ0v) is 14.5. The molecule has 0 fully saturated rings. The van der Waals surface area contributed by atoms with Gasteiger partial charge in [0.15, 0.2) is 12.7 Å². The van der Waals surface area contributed by atoms with Crippen molar-refractivity contribution < 1.29 is 24.0 Å². The fourth-order valence-corrected chi connectivity index (χ4v) is 1.97. The minimum absolute atomic E-state index is 0.0511. The number of hydrogen-bond acceptors (Lipinski definition) is 6. The quantitative estimate of drug-likeness (QED) is 0.293. The van der Waals surface area contributed by atoms with E-state index in [9.17, 15) is 19.7 Å². The third-order valence-electron chi connectivity index (χ3n) is 3.67. The van der Waals surface area contributed by atoms with Crippen LogP contribution in [0, 0.1) is 10.1 Å². The molecule has 2 unspecified atom stereocenters. The van der Waals surface area contributed by atoms with Crippen molar-refractivity contribution in [2.75, 3.05) is 20.3 Å². The number of amides is 1. The maximum absolute atomic E-state index is 12.2. The average Bonchev–Trinajstić information content (AvgIpc) is 2.62. The summed E-state index contributed by atoms with van der Waals surface area (Å²) in [6.45, 7) is 6.49. The number of ether oxygens (including phenoxy) is 2. The monoisotopic (exact) mass is 350 g/mol. The van der Waals surface area contributed by atoms with Crippen molar-refractivity contribution in [2.24, 2.45) is 0 Å². The number of non-ortho nitro benzene ring substituents is 1. The van der Waals surface area contributed by atoms with Crippen LogP contribution in [0.4, 0.5) is 5.69 Å². The van der Waals surface area contributed by atoms with E-state index in [1.807, 2.05) is 0 Å². The Bertz CT molecular complexity index is 646. The predicted octanol–water partition coefficient (Wildman–Crippen LogP) is 2.25. The molecule has 0 N–H and O–H groups in total. The van der Waals surface area contributed by atoms with Crippen LogP contribution in [0.1, 0.15) is 25.5 Å². The fourth-order valence-electron chi connectivity index (χ4n) is 1.97. The zero-order valence-electron chi connectivity index (χ0n) is 14.5. The molecule has 0 aromatic heterocycles. The largest absolute Gasteiger partial charge is 0.454 e. The van der Waals surface area contributed by atoms with E-state index in [4.69, 9.17) is 9.47 Å². The van der Waals surface area contributed by atoms with Crippen molar-refractivity contribution in [1.82, 2.24) is 4.90 Å². The second kappa shape index (κ2) is 9.53. The van der Waals surface area contributed by atoms with Crippen LogP contribution in [-0.4, -0.2) is 48.1 Å². The molecule has 0 radical (unpaired) electrons. The molecule has 8 nitrogen and oxygen atoms in total. The summed E-state index contributed by atoms with van der Waals surface area (Å²) in [5.41, 5.74) is 0.559. The van der Waals surface area contributed by atoms with E-state index in [-0.39, 0.29) is 12.3 Å². The van der Waals surface area contributed by atoms with Crippen LogP contribution < -0.4 is 0 Å². The van der Waals surface area contributed by atoms with Gasteiger partial charge in [-0.2, -0.15) is 0 Å². The van der Waals surface area contributed by atoms with Gasteiger partial charge in [-0.15, -0.1) is 6.58 Å². The summed E-state index contributed by atoms with van der Waals surface area (Å²) in [4.78, 5) is 35.6. The number of likely N-dealkylation sites (N-methyl/N-ethyl adjacent to an activating group) is 1. The molecule has 8 heteroatoms. The zero-order chi connectivity index (χ0) is 19.0. The lowest BCUT2D eigenvalue weighted by Crippen LogP contribution is -2.35. The minimum Gasteiger partial charge on any atom is -0.454 e. The van der Waals surface area contributed by atoms with Crippen molar-refractivity contribution in [2.45, 2.75) is 26.0 Å². The fraction of sp³-hybridized carbons (Fsp3) is 0.412. The summed E-state index contributed by atoms with van der Waals surface area (Å²) in [6.07, 6.45) is 0.703. The Morgan fingerprint density at radius 2 is 2.08 bits per heavy atom. The second-order valence-electron chi connectivity index (χ2n) is 5.40. The molecule has 1 aromatic rings. The van der Waals surface area contributed by atoms with Gasteiger partial charge in [0.25, 0.3) is 11.6 Å². The van der Waals surface area contributed by atoms with Gasteiger partial charge in [-0.25, -0.2) is 4.79 Å². The Kier molecular flexibility index (Phi) is 7.74.